The van der Waals surface area contributed by atoms with Crippen molar-refractivity contribution >= 4 is 49.9 Å². The van der Waals surface area contributed by atoms with Crippen molar-refractivity contribution in [3.63, 3.8) is 0 Å². The van der Waals surface area contributed by atoms with Gasteiger partial charge < -0.3 is 0 Å². The highest BCUT2D eigenvalue weighted by molar-refractivity contribution is 9.10. The van der Waals surface area contributed by atoms with Crippen LogP contribution in [0.25, 0.3) is 10.8 Å². The van der Waals surface area contributed by atoms with E-state index in [9.17, 15) is 19.7 Å². The Labute approximate surface area is 149 Å². The predicted octanol–water partition coefficient (Wildman–Crippen LogP) is 4.31. The summed E-state index contributed by atoms with van der Waals surface area (Å²) < 4.78 is 0.789. The number of imide groups is 1. The van der Waals surface area contributed by atoms with Gasteiger partial charge in [0.1, 0.15) is 0 Å². The third-order valence-corrected chi connectivity index (χ3v) is 4.84. The molecular formula is C18H9BrN2O4. The summed E-state index contributed by atoms with van der Waals surface area (Å²) in [6.07, 6.45) is 0. The number of nitro benzene ring substituents is 1. The topological polar surface area (TPSA) is 80.5 Å². The number of benzene rings is 3. The number of non-ortho nitro benzene ring substituents is 1. The lowest BCUT2D eigenvalue weighted by molar-refractivity contribution is -0.384. The Morgan fingerprint density at radius 2 is 1.60 bits per heavy atom. The predicted molar refractivity (Wildman–Crippen MR) is 95.9 cm³/mol. The fourth-order valence-corrected chi connectivity index (χ4v) is 3.50. The van der Waals surface area contributed by atoms with Gasteiger partial charge in [-0.1, -0.05) is 34.1 Å². The number of hydrogen-bond donors (Lipinski definition) is 0. The van der Waals surface area contributed by atoms with E-state index in [4.69, 9.17) is 0 Å². The molecular weight excluding hydrogens is 388 g/mol. The molecule has 0 saturated heterocycles. The quantitative estimate of drug-likeness (QED) is 0.367. The average Bonchev–Trinajstić information content (AvgIpc) is 2.61. The van der Waals surface area contributed by atoms with Gasteiger partial charge in [0.2, 0.25) is 0 Å². The first-order valence-corrected chi connectivity index (χ1v) is 8.13. The van der Waals surface area contributed by atoms with Crippen LogP contribution in [-0.4, -0.2) is 16.7 Å². The van der Waals surface area contributed by atoms with Gasteiger partial charge in [0.15, 0.2) is 0 Å². The standard InChI is InChI=1S/C18H9BrN2O4/c19-15-8-7-14-16-12(15)5-2-6-13(16)17(22)20(18(14)23)10-3-1-4-11(9-10)21(24)25/h1-9H. The molecule has 4 rings (SSSR count). The van der Waals surface area contributed by atoms with E-state index in [0.717, 1.165) is 14.8 Å². The van der Waals surface area contributed by atoms with Crippen LogP contribution in [-0.2, 0) is 0 Å². The maximum absolute atomic E-state index is 12.9. The second-order valence-corrected chi connectivity index (χ2v) is 6.40. The summed E-state index contributed by atoms with van der Waals surface area (Å²) in [5.41, 5.74) is 0.771. The van der Waals surface area contributed by atoms with E-state index in [1.165, 1.54) is 24.3 Å². The molecule has 0 aliphatic carbocycles. The fourth-order valence-electron chi connectivity index (χ4n) is 3.04. The molecule has 1 aliphatic rings. The first-order chi connectivity index (χ1) is 12.0. The molecule has 3 aromatic rings. The van der Waals surface area contributed by atoms with Gasteiger partial charge in [-0.25, -0.2) is 4.90 Å². The van der Waals surface area contributed by atoms with Crippen LogP contribution in [0.5, 0.6) is 0 Å². The van der Waals surface area contributed by atoms with Crippen LogP contribution < -0.4 is 4.90 Å². The summed E-state index contributed by atoms with van der Waals surface area (Å²) in [5, 5.41) is 12.4. The lowest BCUT2D eigenvalue weighted by atomic mass is 9.93. The number of carbonyl (C=O) groups excluding carboxylic acids is 2. The van der Waals surface area contributed by atoms with E-state index in [2.05, 4.69) is 15.9 Å². The van der Waals surface area contributed by atoms with Crippen molar-refractivity contribution in [2.45, 2.75) is 0 Å². The minimum atomic E-state index is -0.561. The molecule has 6 nitrogen and oxygen atoms in total. The Balaban J connectivity index is 1.96. The minimum Gasteiger partial charge on any atom is -0.268 e. The van der Waals surface area contributed by atoms with Crippen LogP contribution in [0, 0.1) is 10.1 Å². The number of amides is 2. The van der Waals surface area contributed by atoms with E-state index in [1.54, 1.807) is 24.3 Å². The Bertz CT molecular complexity index is 1070. The number of nitrogens with zero attached hydrogens (tertiary/aromatic N) is 2. The fraction of sp³-hybridized carbons (Fsp3) is 0. The van der Waals surface area contributed by atoms with Crippen LogP contribution in [0.4, 0.5) is 11.4 Å². The molecule has 1 aliphatic heterocycles. The molecule has 0 aromatic heterocycles. The number of anilines is 1. The summed E-state index contributed by atoms with van der Waals surface area (Å²) in [6.45, 7) is 0. The van der Waals surface area contributed by atoms with Gasteiger partial charge >= 0.3 is 0 Å². The molecule has 0 saturated carbocycles. The van der Waals surface area contributed by atoms with Crippen molar-refractivity contribution < 1.29 is 14.5 Å². The second kappa shape index (κ2) is 5.49. The highest BCUT2D eigenvalue weighted by Crippen LogP contribution is 2.36. The number of halogens is 1. The van der Waals surface area contributed by atoms with Crippen LogP contribution in [0.3, 0.4) is 0 Å². The van der Waals surface area contributed by atoms with E-state index in [1.807, 2.05) is 6.07 Å². The molecule has 2 amide bonds. The van der Waals surface area contributed by atoms with Crippen LogP contribution in [0.1, 0.15) is 20.7 Å². The molecule has 0 unspecified atom stereocenters. The Hall–Kier alpha value is -3.06. The monoisotopic (exact) mass is 396 g/mol. The van der Waals surface area contributed by atoms with Crippen LogP contribution >= 0.6 is 15.9 Å². The Morgan fingerprint density at radius 1 is 0.920 bits per heavy atom. The average molecular weight is 397 g/mol. The van der Waals surface area contributed by atoms with E-state index >= 15 is 0 Å². The molecule has 0 spiro atoms. The van der Waals surface area contributed by atoms with Crippen LogP contribution in [0.2, 0.25) is 0 Å². The third kappa shape index (κ3) is 2.24. The van der Waals surface area contributed by atoms with Gasteiger partial charge in [0.25, 0.3) is 17.5 Å². The zero-order valence-corrected chi connectivity index (χ0v) is 14.2. The van der Waals surface area contributed by atoms with Crippen molar-refractivity contribution in [1.29, 1.82) is 0 Å². The first kappa shape index (κ1) is 15.5. The highest BCUT2D eigenvalue weighted by Gasteiger charge is 2.34. The van der Waals surface area contributed by atoms with E-state index < -0.39 is 16.7 Å². The molecule has 122 valence electrons. The van der Waals surface area contributed by atoms with Crippen molar-refractivity contribution in [3.8, 4) is 0 Å². The highest BCUT2D eigenvalue weighted by atomic mass is 79.9. The lowest BCUT2D eigenvalue weighted by Gasteiger charge is -2.27. The number of hydrogen-bond acceptors (Lipinski definition) is 4. The second-order valence-electron chi connectivity index (χ2n) is 5.55. The number of nitro groups is 1. The Morgan fingerprint density at radius 3 is 2.32 bits per heavy atom. The van der Waals surface area contributed by atoms with Crippen molar-refractivity contribution in [2.24, 2.45) is 0 Å². The Kier molecular flexibility index (Phi) is 3.40. The zero-order chi connectivity index (χ0) is 17.7. The van der Waals surface area contributed by atoms with Gasteiger partial charge in [0.05, 0.1) is 10.6 Å². The van der Waals surface area contributed by atoms with Crippen molar-refractivity contribution in [1.82, 2.24) is 0 Å². The van der Waals surface area contributed by atoms with Gasteiger partial charge in [-0.3, -0.25) is 19.7 Å². The molecule has 25 heavy (non-hydrogen) atoms. The summed E-state index contributed by atoms with van der Waals surface area (Å²) in [7, 11) is 0. The molecule has 3 aromatic carbocycles. The molecule has 0 bridgehead atoms. The van der Waals surface area contributed by atoms with Crippen LogP contribution in [0.15, 0.2) is 59.1 Å². The summed E-state index contributed by atoms with van der Waals surface area (Å²) in [4.78, 5) is 37.3. The SMILES string of the molecule is O=C1c2cccc3c(Br)ccc(c23)C(=O)N1c1cccc([N+](=O)[O-])c1. The van der Waals surface area contributed by atoms with Gasteiger partial charge in [-0.2, -0.15) is 0 Å². The maximum atomic E-state index is 12.9. The van der Waals surface area contributed by atoms with Gasteiger partial charge in [-0.15, -0.1) is 0 Å². The summed E-state index contributed by atoms with van der Waals surface area (Å²) >= 11 is 3.43. The molecule has 0 N–H and O–H groups in total. The molecule has 1 heterocycles. The third-order valence-electron chi connectivity index (χ3n) is 4.15. The van der Waals surface area contributed by atoms with E-state index in [0.29, 0.717) is 16.5 Å². The normalized spacial score (nSPS) is 13.4. The maximum Gasteiger partial charge on any atom is 0.271 e. The number of carbonyl (C=O) groups is 2. The van der Waals surface area contributed by atoms with Gasteiger partial charge in [0, 0.05) is 33.1 Å². The zero-order valence-electron chi connectivity index (χ0n) is 12.6. The molecule has 0 atom stereocenters. The molecule has 0 radical (unpaired) electrons. The summed E-state index contributed by atoms with van der Waals surface area (Å²) in [5.74, 6) is -0.997. The lowest BCUT2D eigenvalue weighted by Crippen LogP contribution is -2.40. The molecule has 7 heteroatoms. The minimum absolute atomic E-state index is 0.176. The van der Waals surface area contributed by atoms with Crippen molar-refractivity contribution in [3.05, 3.63) is 80.3 Å². The largest absolute Gasteiger partial charge is 0.271 e. The smallest absolute Gasteiger partial charge is 0.268 e. The number of rotatable bonds is 2. The summed E-state index contributed by atoms with van der Waals surface area (Å²) in [6, 6.07) is 14.1. The van der Waals surface area contributed by atoms with Gasteiger partial charge in [-0.05, 0) is 29.7 Å². The molecule has 0 fully saturated rings. The van der Waals surface area contributed by atoms with Crippen molar-refractivity contribution in [2.75, 3.05) is 4.90 Å². The van der Waals surface area contributed by atoms with E-state index in [-0.39, 0.29) is 11.4 Å². The first-order valence-electron chi connectivity index (χ1n) is 7.33.